The summed E-state index contributed by atoms with van der Waals surface area (Å²) in [7, 11) is 0. The van der Waals surface area contributed by atoms with E-state index in [0.29, 0.717) is 17.7 Å². The number of carbonyl (C=O) groups excluding carboxylic acids is 2. The van der Waals surface area contributed by atoms with Crippen molar-refractivity contribution >= 4 is 39.8 Å². The Hall–Kier alpha value is -3.38. The maximum atomic E-state index is 12.4. The molecule has 0 spiro atoms. The Bertz CT molecular complexity index is 1110. The largest absolute Gasteiger partial charge is 0.451 e. The zero-order valence-electron chi connectivity index (χ0n) is 16.6. The molecule has 0 radical (unpaired) electrons. The Morgan fingerprint density at radius 2 is 1.83 bits per heavy atom. The smallest absolute Gasteiger partial charge is 0.291 e. The summed E-state index contributed by atoms with van der Waals surface area (Å²) in [5, 5.41) is 8.82. The third-order valence-electron chi connectivity index (χ3n) is 4.86. The van der Waals surface area contributed by atoms with Gasteiger partial charge in [-0.15, -0.1) is 11.3 Å². The number of benzene rings is 2. The van der Waals surface area contributed by atoms with E-state index in [-0.39, 0.29) is 23.6 Å². The molecule has 4 rings (SSSR count). The van der Waals surface area contributed by atoms with Crippen LogP contribution in [0, 0.1) is 0 Å². The van der Waals surface area contributed by atoms with E-state index < -0.39 is 0 Å². The maximum Gasteiger partial charge on any atom is 0.291 e. The number of furan rings is 1. The normalized spacial score (nSPS) is 11.9. The van der Waals surface area contributed by atoms with Gasteiger partial charge in [-0.3, -0.25) is 9.59 Å². The van der Waals surface area contributed by atoms with E-state index in [1.165, 1.54) is 0 Å². The molecule has 0 bridgehead atoms. The van der Waals surface area contributed by atoms with Crippen LogP contribution in [-0.4, -0.2) is 11.8 Å². The van der Waals surface area contributed by atoms with Gasteiger partial charge in [0.25, 0.3) is 5.91 Å². The highest BCUT2D eigenvalue weighted by atomic mass is 32.1. The molecular formula is C24H22N2O3S. The molecule has 30 heavy (non-hydrogen) atoms. The topological polar surface area (TPSA) is 71.3 Å². The van der Waals surface area contributed by atoms with Crippen LogP contribution in [0.4, 0.5) is 5.69 Å². The van der Waals surface area contributed by atoms with E-state index >= 15 is 0 Å². The van der Waals surface area contributed by atoms with E-state index in [2.05, 4.69) is 17.6 Å². The quantitative estimate of drug-likeness (QED) is 0.413. The van der Waals surface area contributed by atoms with Crippen LogP contribution in [0.1, 0.15) is 40.4 Å². The van der Waals surface area contributed by atoms with Crippen molar-refractivity contribution in [3.63, 3.8) is 0 Å². The van der Waals surface area contributed by atoms with Crippen LogP contribution in [0.2, 0.25) is 0 Å². The van der Waals surface area contributed by atoms with Crippen LogP contribution in [0.25, 0.3) is 11.0 Å². The number of nitrogens with one attached hydrogen (secondary N) is 2. The zero-order chi connectivity index (χ0) is 20.9. The molecule has 0 saturated heterocycles. The van der Waals surface area contributed by atoms with Gasteiger partial charge in [0.05, 0.1) is 12.5 Å². The van der Waals surface area contributed by atoms with Crippen molar-refractivity contribution in [2.75, 3.05) is 5.32 Å². The number of thiophene rings is 1. The monoisotopic (exact) mass is 418 g/mol. The number of hydrogen-bond acceptors (Lipinski definition) is 4. The average molecular weight is 419 g/mol. The van der Waals surface area contributed by atoms with Crippen molar-refractivity contribution in [1.29, 1.82) is 0 Å². The highest BCUT2D eigenvalue weighted by Gasteiger charge is 2.15. The van der Waals surface area contributed by atoms with Crippen LogP contribution in [0.15, 0.2) is 76.5 Å². The zero-order valence-corrected chi connectivity index (χ0v) is 17.4. The number of amides is 2. The van der Waals surface area contributed by atoms with Crippen molar-refractivity contribution in [2.24, 2.45) is 0 Å². The van der Waals surface area contributed by atoms with Gasteiger partial charge in [-0.2, -0.15) is 0 Å². The van der Waals surface area contributed by atoms with E-state index in [1.807, 2.05) is 53.9 Å². The number of rotatable bonds is 7. The Morgan fingerprint density at radius 3 is 2.53 bits per heavy atom. The summed E-state index contributed by atoms with van der Waals surface area (Å²) in [6.45, 7) is 2.06. The van der Waals surface area contributed by atoms with E-state index in [1.54, 1.807) is 29.5 Å². The molecule has 5 nitrogen and oxygen atoms in total. The van der Waals surface area contributed by atoms with Gasteiger partial charge in [0.1, 0.15) is 5.58 Å². The van der Waals surface area contributed by atoms with Crippen molar-refractivity contribution in [1.82, 2.24) is 5.32 Å². The number of anilines is 1. The SMILES string of the molecule is CCC(NC(=O)Cc1ccc(NC(=O)c2cc3ccccc3o2)cc1)c1cccs1. The van der Waals surface area contributed by atoms with Gasteiger partial charge in [-0.05, 0) is 47.7 Å². The van der Waals surface area contributed by atoms with Crippen molar-refractivity contribution in [3.05, 3.63) is 88.3 Å². The summed E-state index contributed by atoms with van der Waals surface area (Å²) in [6, 6.07) is 20.6. The van der Waals surface area contributed by atoms with Gasteiger partial charge < -0.3 is 15.1 Å². The fourth-order valence-corrected chi connectivity index (χ4v) is 4.15. The molecule has 2 heterocycles. The van der Waals surface area contributed by atoms with Gasteiger partial charge in [0.15, 0.2) is 5.76 Å². The number of carbonyl (C=O) groups is 2. The van der Waals surface area contributed by atoms with Crippen LogP contribution in [0.3, 0.4) is 0 Å². The Morgan fingerprint density at radius 1 is 1.03 bits per heavy atom. The second kappa shape index (κ2) is 8.97. The second-order valence-electron chi connectivity index (χ2n) is 7.02. The molecule has 2 amide bonds. The lowest BCUT2D eigenvalue weighted by atomic mass is 10.1. The second-order valence-corrected chi connectivity index (χ2v) is 8.00. The van der Waals surface area contributed by atoms with E-state index in [4.69, 9.17) is 4.42 Å². The van der Waals surface area contributed by atoms with Crippen LogP contribution >= 0.6 is 11.3 Å². The Balaban J connectivity index is 1.35. The minimum Gasteiger partial charge on any atom is -0.451 e. The molecule has 2 N–H and O–H groups in total. The minimum atomic E-state index is -0.307. The molecule has 0 aliphatic heterocycles. The molecular weight excluding hydrogens is 396 g/mol. The van der Waals surface area contributed by atoms with Crippen molar-refractivity contribution in [3.8, 4) is 0 Å². The first-order valence-corrected chi connectivity index (χ1v) is 10.7. The van der Waals surface area contributed by atoms with Gasteiger partial charge >= 0.3 is 0 Å². The van der Waals surface area contributed by atoms with Crippen molar-refractivity contribution in [2.45, 2.75) is 25.8 Å². The molecule has 0 saturated carbocycles. The summed E-state index contributed by atoms with van der Waals surface area (Å²) < 4.78 is 5.59. The minimum absolute atomic E-state index is 0.0192. The summed E-state index contributed by atoms with van der Waals surface area (Å²) in [5.74, 6) is -0.0634. The van der Waals surface area contributed by atoms with Crippen LogP contribution in [0.5, 0.6) is 0 Å². The van der Waals surface area contributed by atoms with Crippen molar-refractivity contribution < 1.29 is 14.0 Å². The first kappa shape index (κ1) is 19.9. The summed E-state index contributed by atoms with van der Waals surface area (Å²) >= 11 is 1.65. The molecule has 0 aliphatic carbocycles. The molecule has 0 fully saturated rings. The molecule has 6 heteroatoms. The molecule has 2 aromatic heterocycles. The lowest BCUT2D eigenvalue weighted by Crippen LogP contribution is -2.29. The first-order chi connectivity index (χ1) is 14.6. The highest BCUT2D eigenvalue weighted by molar-refractivity contribution is 7.10. The average Bonchev–Trinajstić information content (AvgIpc) is 3.43. The number of para-hydroxylation sites is 1. The summed E-state index contributed by atoms with van der Waals surface area (Å²) in [5.41, 5.74) is 2.21. The van der Waals surface area contributed by atoms with Gasteiger partial charge in [0, 0.05) is 16.0 Å². The van der Waals surface area contributed by atoms with Crippen LogP contribution in [-0.2, 0) is 11.2 Å². The molecule has 1 atom stereocenters. The first-order valence-electron chi connectivity index (χ1n) is 9.84. The number of fused-ring (bicyclic) bond motifs is 1. The fourth-order valence-electron chi connectivity index (χ4n) is 3.29. The highest BCUT2D eigenvalue weighted by Crippen LogP contribution is 2.22. The lowest BCUT2D eigenvalue weighted by Gasteiger charge is -2.15. The lowest BCUT2D eigenvalue weighted by molar-refractivity contribution is -0.121. The van der Waals surface area contributed by atoms with Gasteiger partial charge in [-0.1, -0.05) is 43.3 Å². The molecule has 0 aliphatic rings. The van der Waals surface area contributed by atoms with E-state index in [9.17, 15) is 9.59 Å². The standard InChI is InChI=1S/C24H22N2O3S/c1-2-19(22-8-5-13-30-22)26-23(27)14-16-9-11-18(12-10-16)25-24(28)21-15-17-6-3-4-7-20(17)29-21/h3-13,15,19H,2,14H2,1H3,(H,25,28)(H,26,27). The molecule has 1 unspecified atom stereocenters. The van der Waals surface area contributed by atoms with Gasteiger partial charge in [0.2, 0.25) is 5.91 Å². The Labute approximate surface area is 178 Å². The summed E-state index contributed by atoms with van der Waals surface area (Å²) in [6.07, 6.45) is 1.14. The Kier molecular flexibility index (Phi) is 5.95. The molecule has 2 aromatic carbocycles. The predicted molar refractivity (Wildman–Crippen MR) is 120 cm³/mol. The third kappa shape index (κ3) is 4.60. The summed E-state index contributed by atoms with van der Waals surface area (Å²) in [4.78, 5) is 26.0. The van der Waals surface area contributed by atoms with Gasteiger partial charge in [-0.25, -0.2) is 0 Å². The third-order valence-corrected chi connectivity index (χ3v) is 5.84. The number of hydrogen-bond donors (Lipinski definition) is 2. The van der Waals surface area contributed by atoms with E-state index in [0.717, 1.165) is 22.2 Å². The van der Waals surface area contributed by atoms with Crippen LogP contribution < -0.4 is 10.6 Å². The predicted octanol–water partition coefficient (Wildman–Crippen LogP) is 5.56. The molecule has 4 aromatic rings. The fraction of sp³-hybridized carbons (Fsp3) is 0.167. The maximum absolute atomic E-state index is 12.4. The molecule has 152 valence electrons.